The number of rotatable bonds is 16. The molecule has 0 spiro atoms. The van der Waals surface area contributed by atoms with Crippen molar-refractivity contribution >= 4 is 11.9 Å². The van der Waals surface area contributed by atoms with Gasteiger partial charge in [-0.25, -0.2) is 0 Å². The summed E-state index contributed by atoms with van der Waals surface area (Å²) in [5, 5.41) is 11.4. The van der Waals surface area contributed by atoms with Crippen LogP contribution in [-0.2, 0) is 14.3 Å². The van der Waals surface area contributed by atoms with E-state index in [0.717, 1.165) is 25.7 Å². The Labute approximate surface area is 182 Å². The minimum atomic E-state index is -0.359. The molecule has 0 aliphatic rings. The molecule has 0 saturated heterocycles. The van der Waals surface area contributed by atoms with Crippen molar-refractivity contribution in [3.05, 3.63) is 60.8 Å². The summed E-state index contributed by atoms with van der Waals surface area (Å²) in [5.41, 5.74) is 0. The van der Waals surface area contributed by atoms with Crippen LogP contribution in [0.5, 0.6) is 0 Å². The molecule has 30 heavy (non-hydrogen) atoms. The van der Waals surface area contributed by atoms with E-state index in [1.54, 1.807) is 0 Å². The molecule has 0 saturated carbocycles. The topological polar surface area (TPSA) is 75.6 Å². The van der Waals surface area contributed by atoms with Gasteiger partial charge in [-0.15, -0.1) is 0 Å². The zero-order chi connectivity index (χ0) is 22.5. The maximum atomic E-state index is 11.8. The fraction of sp³-hybridized carbons (Fsp3) is 0.520. The first-order chi connectivity index (χ1) is 14.5. The summed E-state index contributed by atoms with van der Waals surface area (Å²) in [7, 11) is 0. The second-order valence-electron chi connectivity index (χ2n) is 6.98. The van der Waals surface area contributed by atoms with Gasteiger partial charge in [0.05, 0.1) is 6.61 Å². The van der Waals surface area contributed by atoms with E-state index >= 15 is 0 Å². The van der Waals surface area contributed by atoms with Crippen LogP contribution in [0.25, 0.3) is 0 Å². The molecule has 2 N–H and O–H groups in total. The Morgan fingerprint density at radius 3 is 2.10 bits per heavy atom. The molecule has 0 fully saturated rings. The Bertz CT molecular complexity index is 602. The van der Waals surface area contributed by atoms with Gasteiger partial charge in [-0.1, -0.05) is 68.5 Å². The monoisotopic (exact) mass is 417 g/mol. The van der Waals surface area contributed by atoms with Crippen molar-refractivity contribution in [3.8, 4) is 0 Å². The van der Waals surface area contributed by atoms with Gasteiger partial charge in [-0.3, -0.25) is 9.59 Å². The molecular weight excluding hydrogens is 378 g/mol. The quantitative estimate of drug-likeness (QED) is 0.215. The van der Waals surface area contributed by atoms with E-state index in [1.165, 1.54) is 6.92 Å². The van der Waals surface area contributed by atoms with Crippen LogP contribution < -0.4 is 5.32 Å². The van der Waals surface area contributed by atoms with Crippen LogP contribution in [0.15, 0.2) is 60.8 Å². The van der Waals surface area contributed by atoms with Gasteiger partial charge in [0.15, 0.2) is 0 Å². The van der Waals surface area contributed by atoms with Crippen LogP contribution in [0, 0.1) is 5.92 Å². The molecule has 168 valence electrons. The van der Waals surface area contributed by atoms with Gasteiger partial charge in [-0.2, -0.15) is 0 Å². The summed E-state index contributed by atoms with van der Waals surface area (Å²) in [5.74, 6) is -0.652. The van der Waals surface area contributed by atoms with Crippen molar-refractivity contribution in [1.82, 2.24) is 5.32 Å². The first-order valence-electron chi connectivity index (χ1n) is 10.8. The van der Waals surface area contributed by atoms with E-state index in [2.05, 4.69) is 48.7 Å². The highest BCUT2D eigenvalue weighted by Crippen LogP contribution is 2.12. The first-order valence-corrected chi connectivity index (χ1v) is 10.8. The number of carbonyl (C=O) groups is 2. The van der Waals surface area contributed by atoms with Crippen LogP contribution in [0.4, 0.5) is 0 Å². The zero-order valence-electron chi connectivity index (χ0n) is 18.8. The average molecular weight is 418 g/mol. The van der Waals surface area contributed by atoms with Crippen LogP contribution in [0.1, 0.15) is 59.3 Å². The number of ether oxygens (including phenoxy) is 1. The molecule has 0 aliphatic heterocycles. The first kappa shape index (κ1) is 27.6. The smallest absolute Gasteiger partial charge is 0.303 e. The molecule has 0 bridgehead atoms. The molecule has 2 atom stereocenters. The predicted molar refractivity (Wildman–Crippen MR) is 124 cm³/mol. The highest BCUT2D eigenvalue weighted by molar-refractivity contribution is 5.78. The van der Waals surface area contributed by atoms with Gasteiger partial charge in [0.25, 0.3) is 0 Å². The van der Waals surface area contributed by atoms with Gasteiger partial charge in [0.2, 0.25) is 5.91 Å². The third-order valence-corrected chi connectivity index (χ3v) is 4.19. The second-order valence-corrected chi connectivity index (χ2v) is 6.98. The number of aliphatic hydroxyl groups is 1. The number of allylic oxidation sites excluding steroid dienone is 9. The van der Waals surface area contributed by atoms with Crippen molar-refractivity contribution in [1.29, 1.82) is 0 Å². The van der Waals surface area contributed by atoms with E-state index < -0.39 is 0 Å². The van der Waals surface area contributed by atoms with E-state index in [9.17, 15) is 9.59 Å². The van der Waals surface area contributed by atoms with Gasteiger partial charge in [-0.05, 0) is 44.6 Å². The maximum Gasteiger partial charge on any atom is 0.303 e. The Morgan fingerprint density at radius 2 is 1.53 bits per heavy atom. The van der Waals surface area contributed by atoms with Crippen molar-refractivity contribution in [2.75, 3.05) is 13.2 Å². The van der Waals surface area contributed by atoms with E-state index in [1.807, 2.05) is 31.2 Å². The molecule has 0 heterocycles. The standard InChI is InChI=1S/C25H39NO4/c1-4-5-6-7-8-9-10-11-12-13-14-15-16-17-24(30-23(3)28)19-18-22(2)25(29)26-20-21-27/h5-6,8-9,11-12,14-17,22,24,27H,4,7,10,13,18-21H2,1-3H3,(H,26,29)/b6-5-,9-8-,12-11-,15-14-,17-16+. The summed E-state index contributed by atoms with van der Waals surface area (Å²) in [6.45, 7) is 5.51. The molecular formula is C25H39NO4. The number of hydrogen-bond donors (Lipinski definition) is 2. The number of hydrogen-bond acceptors (Lipinski definition) is 4. The number of esters is 1. The highest BCUT2D eigenvalue weighted by Gasteiger charge is 2.15. The van der Waals surface area contributed by atoms with Crippen LogP contribution in [0.3, 0.4) is 0 Å². The van der Waals surface area contributed by atoms with Crippen LogP contribution >= 0.6 is 0 Å². The SMILES string of the molecule is CC/C=C\C/C=C\C/C=C\C/C=C\C=C\C(CCC(C)C(=O)NCCO)OC(C)=O. The second kappa shape index (κ2) is 19.9. The minimum Gasteiger partial charge on any atom is -0.458 e. The summed E-state index contributed by atoms with van der Waals surface area (Å²) in [6.07, 6.45) is 25.3. The van der Waals surface area contributed by atoms with Crippen molar-refractivity contribution in [2.24, 2.45) is 5.92 Å². The molecule has 0 rings (SSSR count). The Morgan fingerprint density at radius 1 is 0.933 bits per heavy atom. The normalized spacial score (nSPS) is 14.4. The lowest BCUT2D eigenvalue weighted by molar-refractivity contribution is -0.144. The van der Waals surface area contributed by atoms with E-state index in [4.69, 9.17) is 9.84 Å². The Balaban J connectivity index is 4.26. The van der Waals surface area contributed by atoms with Gasteiger partial charge >= 0.3 is 5.97 Å². The summed E-state index contributed by atoms with van der Waals surface area (Å²) in [4.78, 5) is 23.2. The van der Waals surface area contributed by atoms with Crippen molar-refractivity contribution in [2.45, 2.75) is 65.4 Å². The highest BCUT2D eigenvalue weighted by atomic mass is 16.5. The molecule has 0 aromatic rings. The summed E-state index contributed by atoms with van der Waals surface area (Å²) >= 11 is 0. The zero-order valence-corrected chi connectivity index (χ0v) is 18.8. The third-order valence-electron chi connectivity index (χ3n) is 4.19. The molecule has 1 amide bonds. The maximum absolute atomic E-state index is 11.8. The molecule has 2 unspecified atom stereocenters. The third kappa shape index (κ3) is 17.7. The number of carbonyl (C=O) groups excluding carboxylic acids is 2. The summed E-state index contributed by atoms with van der Waals surface area (Å²) in [6, 6.07) is 0. The fourth-order valence-electron chi connectivity index (χ4n) is 2.54. The molecule has 0 aliphatic carbocycles. The van der Waals surface area contributed by atoms with Crippen LogP contribution in [-0.4, -0.2) is 36.2 Å². The van der Waals surface area contributed by atoms with Gasteiger partial charge < -0.3 is 15.2 Å². The number of amides is 1. The van der Waals surface area contributed by atoms with E-state index in [0.29, 0.717) is 12.8 Å². The van der Waals surface area contributed by atoms with Crippen molar-refractivity contribution in [3.63, 3.8) is 0 Å². The minimum absolute atomic E-state index is 0.0772. The largest absolute Gasteiger partial charge is 0.458 e. The summed E-state index contributed by atoms with van der Waals surface area (Å²) < 4.78 is 5.31. The lowest BCUT2D eigenvalue weighted by atomic mass is 10.0. The number of nitrogens with one attached hydrogen (secondary N) is 1. The molecule has 0 aromatic carbocycles. The molecule has 0 aromatic heterocycles. The lowest BCUT2D eigenvalue weighted by Crippen LogP contribution is -2.32. The molecule has 5 nitrogen and oxygen atoms in total. The Hall–Kier alpha value is -2.40. The molecule has 0 radical (unpaired) electrons. The average Bonchev–Trinajstić information content (AvgIpc) is 2.72. The predicted octanol–water partition coefficient (Wildman–Crippen LogP) is 4.80. The lowest BCUT2D eigenvalue weighted by Gasteiger charge is -2.16. The van der Waals surface area contributed by atoms with Crippen molar-refractivity contribution < 1.29 is 19.4 Å². The Kier molecular flexibility index (Phi) is 18.3. The van der Waals surface area contributed by atoms with Gasteiger partial charge in [0.1, 0.15) is 6.10 Å². The fourth-order valence-corrected chi connectivity index (χ4v) is 2.54. The van der Waals surface area contributed by atoms with E-state index in [-0.39, 0.29) is 37.0 Å². The molecule has 5 heteroatoms. The van der Waals surface area contributed by atoms with Gasteiger partial charge in [0, 0.05) is 19.4 Å². The number of aliphatic hydroxyl groups excluding tert-OH is 1. The van der Waals surface area contributed by atoms with Crippen LogP contribution in [0.2, 0.25) is 0 Å².